The molecule has 21 heavy (non-hydrogen) atoms. The normalized spacial score (nSPS) is 11.2. The van der Waals surface area contributed by atoms with Crippen molar-refractivity contribution in [3.63, 3.8) is 0 Å². The molecule has 2 aromatic heterocycles. The van der Waals surface area contributed by atoms with Gasteiger partial charge in [0.1, 0.15) is 12.1 Å². The number of hydrogen-bond acceptors (Lipinski definition) is 4. The van der Waals surface area contributed by atoms with Crippen LogP contribution in [0.3, 0.4) is 0 Å². The fourth-order valence-corrected chi connectivity index (χ4v) is 2.63. The van der Waals surface area contributed by atoms with Crippen molar-refractivity contribution < 1.29 is 4.42 Å². The second-order valence-corrected chi connectivity index (χ2v) is 5.43. The molecule has 0 atom stereocenters. The maximum absolute atomic E-state index is 5.35. The first kappa shape index (κ1) is 13.7. The molecule has 3 rings (SSSR count). The molecule has 3 aromatic rings. The average molecular weight is 297 g/mol. The number of rotatable bonds is 6. The molecule has 2 heterocycles. The van der Waals surface area contributed by atoms with Gasteiger partial charge in [-0.1, -0.05) is 54.2 Å². The van der Waals surface area contributed by atoms with Crippen LogP contribution in [0.15, 0.2) is 70.7 Å². The van der Waals surface area contributed by atoms with Gasteiger partial charge in [0.2, 0.25) is 0 Å². The first-order chi connectivity index (χ1) is 10.4. The van der Waals surface area contributed by atoms with Crippen molar-refractivity contribution in [2.45, 2.75) is 11.7 Å². The summed E-state index contributed by atoms with van der Waals surface area (Å²) < 4.78 is 7.33. The Labute approximate surface area is 127 Å². The SMILES string of the molecule is C(=Cc1ccccc1)CSc1nncn1Cc1ccco1. The third-order valence-electron chi connectivity index (χ3n) is 2.90. The number of hydrogen-bond donors (Lipinski definition) is 0. The monoisotopic (exact) mass is 297 g/mol. The summed E-state index contributed by atoms with van der Waals surface area (Å²) in [4.78, 5) is 0. The molecule has 1 aromatic carbocycles. The van der Waals surface area contributed by atoms with Gasteiger partial charge in [0.05, 0.1) is 12.8 Å². The van der Waals surface area contributed by atoms with E-state index in [0.717, 1.165) is 16.7 Å². The zero-order chi connectivity index (χ0) is 14.3. The largest absolute Gasteiger partial charge is 0.467 e. The quantitative estimate of drug-likeness (QED) is 0.650. The van der Waals surface area contributed by atoms with Crippen LogP contribution in [0, 0.1) is 0 Å². The van der Waals surface area contributed by atoms with Crippen molar-refractivity contribution in [2.24, 2.45) is 0 Å². The lowest BCUT2D eigenvalue weighted by Crippen LogP contribution is -1.99. The highest BCUT2D eigenvalue weighted by atomic mass is 32.2. The van der Waals surface area contributed by atoms with Crippen LogP contribution in [0.4, 0.5) is 0 Å². The van der Waals surface area contributed by atoms with Crippen LogP contribution in [-0.2, 0) is 6.54 Å². The lowest BCUT2D eigenvalue weighted by molar-refractivity contribution is 0.484. The summed E-state index contributed by atoms with van der Waals surface area (Å²) in [5, 5.41) is 9.00. The first-order valence-electron chi connectivity index (χ1n) is 6.66. The van der Waals surface area contributed by atoms with E-state index in [0.29, 0.717) is 6.54 Å². The van der Waals surface area contributed by atoms with Gasteiger partial charge in [-0.05, 0) is 17.7 Å². The zero-order valence-electron chi connectivity index (χ0n) is 11.4. The highest BCUT2D eigenvalue weighted by molar-refractivity contribution is 7.99. The molecule has 0 N–H and O–H groups in total. The van der Waals surface area contributed by atoms with Crippen LogP contribution >= 0.6 is 11.8 Å². The summed E-state index contributed by atoms with van der Waals surface area (Å²) in [6, 6.07) is 14.1. The summed E-state index contributed by atoms with van der Waals surface area (Å²) in [6.07, 6.45) is 7.65. The van der Waals surface area contributed by atoms with Crippen LogP contribution < -0.4 is 0 Å². The van der Waals surface area contributed by atoms with E-state index in [2.05, 4.69) is 34.5 Å². The van der Waals surface area contributed by atoms with Gasteiger partial charge < -0.3 is 8.98 Å². The van der Waals surface area contributed by atoms with Gasteiger partial charge >= 0.3 is 0 Å². The predicted octanol–water partition coefficient (Wildman–Crippen LogP) is 3.72. The number of aromatic nitrogens is 3. The lowest BCUT2D eigenvalue weighted by Gasteiger charge is -2.02. The Morgan fingerprint density at radius 3 is 2.86 bits per heavy atom. The molecule has 106 valence electrons. The van der Waals surface area contributed by atoms with E-state index in [-0.39, 0.29) is 0 Å². The van der Waals surface area contributed by atoms with Crippen LogP contribution in [0.2, 0.25) is 0 Å². The van der Waals surface area contributed by atoms with E-state index in [1.807, 2.05) is 34.9 Å². The fourth-order valence-electron chi connectivity index (χ4n) is 1.91. The Hall–Kier alpha value is -2.27. The van der Waals surface area contributed by atoms with Gasteiger partial charge in [-0.15, -0.1) is 10.2 Å². The highest BCUT2D eigenvalue weighted by Crippen LogP contribution is 2.17. The number of benzene rings is 1. The fraction of sp³-hybridized carbons (Fsp3) is 0.125. The minimum atomic E-state index is 0.657. The standard InChI is InChI=1S/C16H15N3OS/c1-2-6-14(7-3-1)8-5-11-21-16-18-17-13-19(16)12-15-9-4-10-20-15/h1-10,13H,11-12H2. The smallest absolute Gasteiger partial charge is 0.191 e. The molecule has 0 radical (unpaired) electrons. The second kappa shape index (κ2) is 6.95. The molecule has 0 saturated heterocycles. The molecule has 0 saturated carbocycles. The number of thioether (sulfide) groups is 1. The minimum Gasteiger partial charge on any atom is -0.467 e. The summed E-state index contributed by atoms with van der Waals surface area (Å²) >= 11 is 1.66. The van der Waals surface area contributed by atoms with Gasteiger partial charge in [0.25, 0.3) is 0 Å². The average Bonchev–Trinajstić information content (AvgIpc) is 3.18. The van der Waals surface area contributed by atoms with Crippen LogP contribution in [-0.4, -0.2) is 20.5 Å². The van der Waals surface area contributed by atoms with Gasteiger partial charge in [-0.25, -0.2) is 0 Å². The summed E-state index contributed by atoms with van der Waals surface area (Å²) in [5.41, 5.74) is 1.20. The molecular weight excluding hydrogens is 282 g/mol. The van der Waals surface area contributed by atoms with Crippen molar-refractivity contribution in [1.82, 2.24) is 14.8 Å². The van der Waals surface area contributed by atoms with E-state index in [4.69, 9.17) is 4.42 Å². The first-order valence-corrected chi connectivity index (χ1v) is 7.65. The Morgan fingerprint density at radius 2 is 2.05 bits per heavy atom. The van der Waals surface area contributed by atoms with Crippen molar-refractivity contribution in [2.75, 3.05) is 5.75 Å². The zero-order valence-corrected chi connectivity index (χ0v) is 12.2. The number of furan rings is 1. The van der Waals surface area contributed by atoms with E-state index in [1.165, 1.54) is 5.56 Å². The molecule has 0 aliphatic heterocycles. The van der Waals surface area contributed by atoms with Crippen molar-refractivity contribution >= 4 is 17.8 Å². The third-order valence-corrected chi connectivity index (χ3v) is 3.84. The van der Waals surface area contributed by atoms with Gasteiger partial charge in [-0.2, -0.15) is 0 Å². The summed E-state index contributed by atoms with van der Waals surface area (Å²) in [5.74, 6) is 1.75. The van der Waals surface area contributed by atoms with E-state index in [9.17, 15) is 0 Å². The molecule has 0 aliphatic rings. The second-order valence-electron chi connectivity index (χ2n) is 4.44. The Balaban J connectivity index is 1.56. The van der Waals surface area contributed by atoms with Gasteiger partial charge in [0, 0.05) is 5.75 Å². The summed E-state index contributed by atoms with van der Waals surface area (Å²) in [7, 11) is 0. The van der Waals surface area contributed by atoms with Crippen LogP contribution in [0.25, 0.3) is 6.08 Å². The topological polar surface area (TPSA) is 43.9 Å². The molecule has 0 fully saturated rings. The Morgan fingerprint density at radius 1 is 1.14 bits per heavy atom. The molecule has 5 heteroatoms. The molecule has 0 bridgehead atoms. The van der Waals surface area contributed by atoms with E-state index in [1.54, 1.807) is 24.4 Å². The molecule has 0 spiro atoms. The number of nitrogens with zero attached hydrogens (tertiary/aromatic N) is 3. The van der Waals surface area contributed by atoms with E-state index >= 15 is 0 Å². The van der Waals surface area contributed by atoms with Crippen LogP contribution in [0.1, 0.15) is 11.3 Å². The Bertz CT molecular complexity index is 689. The minimum absolute atomic E-state index is 0.657. The molecular formula is C16H15N3OS. The van der Waals surface area contributed by atoms with Crippen LogP contribution in [0.5, 0.6) is 0 Å². The lowest BCUT2D eigenvalue weighted by atomic mass is 10.2. The molecule has 4 nitrogen and oxygen atoms in total. The van der Waals surface area contributed by atoms with Crippen molar-refractivity contribution in [1.29, 1.82) is 0 Å². The maximum Gasteiger partial charge on any atom is 0.191 e. The van der Waals surface area contributed by atoms with Crippen molar-refractivity contribution in [3.05, 3.63) is 72.5 Å². The van der Waals surface area contributed by atoms with E-state index < -0.39 is 0 Å². The molecule has 0 unspecified atom stereocenters. The Kier molecular flexibility index (Phi) is 4.53. The molecule has 0 amide bonds. The van der Waals surface area contributed by atoms with Gasteiger partial charge in [0.15, 0.2) is 5.16 Å². The predicted molar refractivity (Wildman–Crippen MR) is 84.0 cm³/mol. The van der Waals surface area contributed by atoms with Crippen molar-refractivity contribution in [3.8, 4) is 0 Å². The molecule has 0 aliphatic carbocycles. The third kappa shape index (κ3) is 3.86. The highest BCUT2D eigenvalue weighted by Gasteiger charge is 2.05. The van der Waals surface area contributed by atoms with Gasteiger partial charge in [-0.3, -0.25) is 0 Å². The summed E-state index contributed by atoms with van der Waals surface area (Å²) in [6.45, 7) is 0.657. The maximum atomic E-state index is 5.35.